The number of pyridine rings is 2. The number of hydrogen-bond donors (Lipinski definition) is 1. The summed E-state index contributed by atoms with van der Waals surface area (Å²) in [6, 6.07) is 22.9. The molecule has 288 valence electrons. The van der Waals surface area contributed by atoms with Crippen LogP contribution in [-0.4, -0.2) is 41.9 Å². The van der Waals surface area contributed by atoms with Crippen LogP contribution in [0.15, 0.2) is 79.3 Å². The Hall–Kier alpha value is -4.58. The minimum atomic E-state index is -6.09. The second-order valence-electron chi connectivity index (χ2n) is 13.0. The Labute approximate surface area is 308 Å². The van der Waals surface area contributed by atoms with Crippen molar-refractivity contribution < 1.29 is 61.4 Å². The first-order chi connectivity index (χ1) is 25.2. The molecule has 5 aromatic rings. The van der Waals surface area contributed by atoms with Crippen molar-refractivity contribution >= 4 is 43.3 Å². The molecule has 0 amide bonds. The van der Waals surface area contributed by atoms with Crippen molar-refractivity contribution in [2.45, 2.75) is 69.6 Å². The number of hydrogen-bond acceptors (Lipinski definition) is 6. The van der Waals surface area contributed by atoms with E-state index < -0.39 is 31.3 Å². The third-order valence-electron chi connectivity index (χ3n) is 9.01. The number of H-pyrrole nitrogens is 1. The molecule has 1 N–H and O–H groups in total. The van der Waals surface area contributed by atoms with Crippen LogP contribution < -0.4 is 9.13 Å². The molecule has 2 aliphatic rings. The topological polar surface area (TPSA) is 138 Å². The van der Waals surface area contributed by atoms with Gasteiger partial charge < -0.3 is 14.1 Å². The zero-order chi connectivity index (χ0) is 39.6. The monoisotopic (exact) mass is 795 g/mol. The van der Waals surface area contributed by atoms with Crippen LogP contribution in [0, 0.1) is 0 Å². The van der Waals surface area contributed by atoms with Crippen molar-refractivity contribution in [1.82, 2.24) is 4.98 Å². The molecular formula is C37H35F6N3O6S2. The molecule has 2 aliphatic heterocycles. The highest BCUT2D eigenvalue weighted by atomic mass is 32.2. The summed E-state index contributed by atoms with van der Waals surface area (Å²) in [6.45, 7) is 6.62. The highest BCUT2D eigenvalue weighted by Gasteiger charge is 2.37. The summed E-state index contributed by atoms with van der Waals surface area (Å²) in [5.74, 6) is 0.530. The van der Waals surface area contributed by atoms with E-state index in [1.807, 2.05) is 0 Å². The van der Waals surface area contributed by atoms with Crippen LogP contribution in [0.1, 0.15) is 60.4 Å². The maximum atomic E-state index is 10.7. The van der Waals surface area contributed by atoms with Gasteiger partial charge in [0.2, 0.25) is 11.4 Å². The Bertz CT molecular complexity index is 2380. The quantitative estimate of drug-likeness (QED) is 0.0877. The largest absolute Gasteiger partial charge is 0.741 e. The Kier molecular flexibility index (Phi) is 11.8. The van der Waals surface area contributed by atoms with E-state index in [1.165, 1.54) is 74.1 Å². The highest BCUT2D eigenvalue weighted by Crippen LogP contribution is 2.39. The molecule has 0 spiro atoms. The molecule has 0 unspecified atom stereocenters. The summed E-state index contributed by atoms with van der Waals surface area (Å²) in [5.41, 5.74) is 2.29. The van der Waals surface area contributed by atoms with E-state index in [-0.39, 0.29) is 0 Å². The Morgan fingerprint density at radius 2 is 1.28 bits per heavy atom. The number of benzene rings is 2. The molecule has 54 heavy (non-hydrogen) atoms. The van der Waals surface area contributed by atoms with Gasteiger partial charge >= 0.3 is 11.0 Å². The van der Waals surface area contributed by atoms with Crippen LogP contribution in [0.5, 0.6) is 0 Å². The average molecular weight is 796 g/mol. The molecule has 3 aromatic heterocycles. The summed E-state index contributed by atoms with van der Waals surface area (Å²) in [7, 11) is -12.2. The fraction of sp³-hybridized carbons (Fsp3) is 0.297. The lowest BCUT2D eigenvalue weighted by Gasteiger charge is -2.13. The molecule has 0 radical (unpaired) electrons. The number of aryl methyl sites for hydroxylation is 4. The average Bonchev–Trinajstić information content (AvgIpc) is 3.26. The van der Waals surface area contributed by atoms with E-state index in [9.17, 15) is 26.3 Å². The molecule has 0 saturated heterocycles. The summed E-state index contributed by atoms with van der Waals surface area (Å²) in [4.78, 5) is 3.48. The van der Waals surface area contributed by atoms with Crippen molar-refractivity contribution in [2.24, 2.45) is 0 Å². The molecule has 7 rings (SSSR count). The number of nitrogens with one attached hydrogen (secondary N) is 1. The number of fused-ring (bicyclic) bond motifs is 8. The SMILES string of the molecule is CC(C)c1ccc2c(/C=C/c3cc[n+]4c(c3)-c3c(ccc5c3-c3cccc[n+]3CCC5)CCC4)c[nH]c2c1.O=S(=O)([O-])C(F)(F)F.O=S(=O)([O-])C(F)(F)F. The van der Waals surface area contributed by atoms with E-state index >= 15 is 0 Å². The van der Waals surface area contributed by atoms with Gasteiger partial charge in [0, 0.05) is 54.2 Å². The molecule has 2 aromatic carbocycles. The van der Waals surface area contributed by atoms with Crippen molar-refractivity contribution in [1.29, 1.82) is 0 Å². The third kappa shape index (κ3) is 9.19. The molecule has 0 atom stereocenters. The Morgan fingerprint density at radius 1 is 0.722 bits per heavy atom. The number of halogens is 6. The van der Waals surface area contributed by atoms with Gasteiger partial charge in [0.15, 0.2) is 32.6 Å². The third-order valence-corrected chi connectivity index (χ3v) is 10.1. The minimum absolute atomic E-state index is 0.530. The maximum Gasteiger partial charge on any atom is 0.485 e. The lowest BCUT2D eigenvalue weighted by atomic mass is 9.88. The molecule has 0 saturated carbocycles. The van der Waals surface area contributed by atoms with Gasteiger partial charge in [-0.2, -0.15) is 35.5 Å². The lowest BCUT2D eigenvalue weighted by molar-refractivity contribution is -0.687. The fourth-order valence-corrected chi connectivity index (χ4v) is 6.38. The van der Waals surface area contributed by atoms with Gasteiger partial charge in [-0.3, -0.25) is 0 Å². The molecule has 0 bridgehead atoms. The van der Waals surface area contributed by atoms with Gasteiger partial charge in [0.25, 0.3) is 0 Å². The van der Waals surface area contributed by atoms with Crippen LogP contribution in [0.25, 0.3) is 45.6 Å². The van der Waals surface area contributed by atoms with Crippen molar-refractivity contribution in [3.05, 3.63) is 107 Å². The van der Waals surface area contributed by atoms with Gasteiger partial charge in [-0.25, -0.2) is 16.8 Å². The number of nitrogens with zero attached hydrogens (tertiary/aromatic N) is 2. The first kappa shape index (κ1) is 40.6. The second kappa shape index (κ2) is 15.6. The van der Waals surface area contributed by atoms with E-state index in [1.54, 1.807) is 0 Å². The predicted octanol–water partition coefficient (Wildman–Crippen LogP) is 7.37. The fourth-order valence-electron chi connectivity index (χ4n) is 6.38. The molecule has 17 heteroatoms. The Morgan fingerprint density at radius 3 is 1.83 bits per heavy atom. The van der Waals surface area contributed by atoms with Crippen molar-refractivity contribution in [2.75, 3.05) is 0 Å². The van der Waals surface area contributed by atoms with Gasteiger partial charge in [-0.15, -0.1) is 0 Å². The van der Waals surface area contributed by atoms with Gasteiger partial charge in [0.1, 0.15) is 13.1 Å². The second-order valence-corrected chi connectivity index (χ2v) is 15.7. The number of rotatable bonds is 3. The van der Waals surface area contributed by atoms with E-state index in [2.05, 4.69) is 119 Å². The van der Waals surface area contributed by atoms with Crippen molar-refractivity contribution in [3.8, 4) is 22.5 Å². The molecular weight excluding hydrogens is 761 g/mol. The standard InChI is InChI=1S/C35H34N3.2CHF3O3S/c1-24(2)28-14-15-30-29(23-36-31(30)22-28)11-10-25-16-20-38-19-6-8-27-13-12-26-7-5-18-37-17-4-3-9-32(37)34(26)35(27)33(38)21-25;2*2-1(3,4)8(5,6)7/h3-4,9-17,20-24H,5-8,18-19H2,1-2H3;2*(H,5,6,7)/q+1;;/p-1. The summed E-state index contributed by atoms with van der Waals surface area (Å²) >= 11 is 0. The minimum Gasteiger partial charge on any atom is -0.741 e. The Balaban J connectivity index is 0.000000295. The van der Waals surface area contributed by atoms with E-state index in [0.717, 1.165) is 25.9 Å². The van der Waals surface area contributed by atoms with Crippen molar-refractivity contribution in [3.63, 3.8) is 0 Å². The number of alkyl halides is 6. The normalized spacial score (nSPS) is 14.4. The van der Waals surface area contributed by atoms with E-state index in [0.29, 0.717) is 5.92 Å². The van der Waals surface area contributed by atoms with Crippen LogP contribution in [0.4, 0.5) is 26.3 Å². The first-order valence-corrected chi connectivity index (χ1v) is 19.5. The molecule has 0 aliphatic carbocycles. The predicted molar refractivity (Wildman–Crippen MR) is 187 cm³/mol. The zero-order valence-corrected chi connectivity index (χ0v) is 30.5. The van der Waals surface area contributed by atoms with Crippen LogP contribution in [0.3, 0.4) is 0 Å². The maximum absolute atomic E-state index is 10.7. The smallest absolute Gasteiger partial charge is 0.485 e. The summed E-state index contributed by atoms with van der Waals surface area (Å²) in [5, 5.41) is 1.28. The highest BCUT2D eigenvalue weighted by molar-refractivity contribution is 7.86. The summed E-state index contributed by atoms with van der Waals surface area (Å²) in [6.07, 6.45) is 15.8. The molecule has 9 nitrogen and oxygen atoms in total. The first-order valence-electron chi connectivity index (χ1n) is 16.7. The van der Waals surface area contributed by atoms with Gasteiger partial charge in [0.05, 0.1) is 11.1 Å². The van der Waals surface area contributed by atoms with Gasteiger partial charge in [-0.1, -0.05) is 50.3 Å². The molecule has 5 heterocycles. The van der Waals surface area contributed by atoms with Crippen LogP contribution in [0.2, 0.25) is 0 Å². The summed E-state index contributed by atoms with van der Waals surface area (Å²) < 4.78 is 123. The van der Waals surface area contributed by atoms with Gasteiger partial charge in [-0.05, 0) is 58.7 Å². The number of aromatic nitrogens is 3. The lowest BCUT2D eigenvalue weighted by Crippen LogP contribution is -2.36. The molecule has 0 fully saturated rings. The zero-order valence-electron chi connectivity index (χ0n) is 28.9. The van der Waals surface area contributed by atoms with Crippen LogP contribution >= 0.6 is 0 Å². The van der Waals surface area contributed by atoms with E-state index in [4.69, 9.17) is 25.9 Å². The van der Waals surface area contributed by atoms with Crippen LogP contribution in [-0.2, 0) is 46.2 Å². The number of aromatic amines is 1.